The number of hydrogen-bond donors (Lipinski definition) is 2. The van der Waals surface area contributed by atoms with Gasteiger partial charge in [-0.25, -0.2) is 0 Å². The average Bonchev–Trinajstić information content (AvgIpc) is 2.61. The van der Waals surface area contributed by atoms with Crippen LogP contribution in [0.2, 0.25) is 0 Å². The number of thiocarbonyl (C=S) groups is 1. The van der Waals surface area contributed by atoms with Gasteiger partial charge in [-0.2, -0.15) is 0 Å². The molecular weight excluding hydrogens is 320 g/mol. The SMILES string of the molecule is CCC(C)c1ccccc1NC(=S)Nc1ccc(OC)c(OC)c1. The minimum Gasteiger partial charge on any atom is -0.493 e. The number of hydrogen-bond acceptors (Lipinski definition) is 3. The van der Waals surface area contributed by atoms with E-state index in [1.807, 2.05) is 30.3 Å². The first kappa shape index (κ1) is 18.1. The number of anilines is 2. The van der Waals surface area contributed by atoms with Gasteiger partial charge in [0.05, 0.1) is 14.2 Å². The lowest BCUT2D eigenvalue weighted by molar-refractivity contribution is 0.355. The van der Waals surface area contributed by atoms with Crippen LogP contribution in [-0.4, -0.2) is 19.3 Å². The Morgan fingerprint density at radius 1 is 1.04 bits per heavy atom. The molecule has 0 aliphatic carbocycles. The second kappa shape index (κ2) is 8.55. The van der Waals surface area contributed by atoms with Crippen molar-refractivity contribution in [1.82, 2.24) is 0 Å². The van der Waals surface area contributed by atoms with E-state index in [1.54, 1.807) is 14.2 Å². The molecule has 1 atom stereocenters. The van der Waals surface area contributed by atoms with Crippen LogP contribution in [0, 0.1) is 0 Å². The van der Waals surface area contributed by atoms with Gasteiger partial charge in [-0.1, -0.05) is 32.0 Å². The monoisotopic (exact) mass is 344 g/mol. The number of ether oxygens (including phenoxy) is 2. The Morgan fingerprint density at radius 3 is 2.42 bits per heavy atom. The molecule has 2 rings (SSSR count). The quantitative estimate of drug-likeness (QED) is 0.720. The van der Waals surface area contributed by atoms with E-state index in [1.165, 1.54) is 5.56 Å². The third kappa shape index (κ3) is 4.38. The highest BCUT2D eigenvalue weighted by atomic mass is 32.1. The molecule has 2 aromatic carbocycles. The van der Waals surface area contributed by atoms with Gasteiger partial charge in [-0.3, -0.25) is 0 Å². The molecule has 0 amide bonds. The Bertz CT molecular complexity index is 704. The second-order valence-corrected chi connectivity index (χ2v) is 5.95. The highest BCUT2D eigenvalue weighted by Gasteiger charge is 2.10. The molecule has 2 N–H and O–H groups in total. The highest BCUT2D eigenvalue weighted by Crippen LogP contribution is 2.30. The predicted molar refractivity (Wildman–Crippen MR) is 105 cm³/mol. The zero-order valence-electron chi connectivity index (χ0n) is 14.6. The lowest BCUT2D eigenvalue weighted by Gasteiger charge is -2.18. The molecule has 0 aromatic heterocycles. The molecule has 0 fully saturated rings. The predicted octanol–water partition coefficient (Wildman–Crippen LogP) is 5.03. The van der Waals surface area contributed by atoms with Crippen molar-refractivity contribution in [2.24, 2.45) is 0 Å². The van der Waals surface area contributed by atoms with Crippen molar-refractivity contribution in [3.8, 4) is 11.5 Å². The Balaban J connectivity index is 2.12. The van der Waals surface area contributed by atoms with Crippen molar-refractivity contribution < 1.29 is 9.47 Å². The normalized spacial score (nSPS) is 11.5. The van der Waals surface area contributed by atoms with Gasteiger partial charge in [0.15, 0.2) is 16.6 Å². The molecule has 5 heteroatoms. The van der Waals surface area contributed by atoms with Crippen LogP contribution >= 0.6 is 12.2 Å². The van der Waals surface area contributed by atoms with Gasteiger partial charge in [0.2, 0.25) is 0 Å². The van der Waals surface area contributed by atoms with Gasteiger partial charge in [0.25, 0.3) is 0 Å². The van der Waals surface area contributed by atoms with E-state index >= 15 is 0 Å². The molecule has 0 aliphatic heterocycles. The number of nitrogens with one attached hydrogen (secondary N) is 2. The summed E-state index contributed by atoms with van der Waals surface area (Å²) in [5.74, 6) is 1.81. The van der Waals surface area contributed by atoms with E-state index < -0.39 is 0 Å². The first-order chi connectivity index (χ1) is 11.6. The van der Waals surface area contributed by atoms with Crippen LogP contribution in [0.3, 0.4) is 0 Å². The molecular formula is C19H24N2O2S. The van der Waals surface area contributed by atoms with Gasteiger partial charge in [0, 0.05) is 17.4 Å². The molecule has 0 aliphatic rings. The maximum absolute atomic E-state index is 5.45. The van der Waals surface area contributed by atoms with Crippen LogP contribution in [0.5, 0.6) is 11.5 Å². The summed E-state index contributed by atoms with van der Waals surface area (Å²) in [5.41, 5.74) is 3.13. The molecule has 0 saturated heterocycles. The fourth-order valence-electron chi connectivity index (χ4n) is 2.46. The number of benzene rings is 2. The number of rotatable bonds is 6. The number of methoxy groups -OCH3 is 2. The van der Waals surface area contributed by atoms with Gasteiger partial charge in [0.1, 0.15) is 0 Å². The zero-order valence-corrected chi connectivity index (χ0v) is 15.4. The Morgan fingerprint density at radius 2 is 1.75 bits per heavy atom. The topological polar surface area (TPSA) is 42.5 Å². The second-order valence-electron chi connectivity index (χ2n) is 5.55. The fourth-order valence-corrected chi connectivity index (χ4v) is 2.69. The fraction of sp³-hybridized carbons (Fsp3) is 0.316. The minimum absolute atomic E-state index is 0.470. The van der Waals surface area contributed by atoms with Gasteiger partial charge < -0.3 is 20.1 Å². The van der Waals surface area contributed by atoms with E-state index in [9.17, 15) is 0 Å². The third-order valence-electron chi connectivity index (χ3n) is 3.99. The smallest absolute Gasteiger partial charge is 0.175 e. The highest BCUT2D eigenvalue weighted by molar-refractivity contribution is 7.80. The molecule has 0 radical (unpaired) electrons. The summed E-state index contributed by atoms with van der Waals surface area (Å²) in [6.45, 7) is 4.40. The van der Waals surface area contributed by atoms with Crippen LogP contribution in [0.25, 0.3) is 0 Å². The minimum atomic E-state index is 0.470. The van der Waals surface area contributed by atoms with Crippen molar-refractivity contribution >= 4 is 28.7 Å². The first-order valence-corrected chi connectivity index (χ1v) is 8.38. The van der Waals surface area contributed by atoms with Crippen molar-refractivity contribution in [1.29, 1.82) is 0 Å². The number of para-hydroxylation sites is 1. The average molecular weight is 344 g/mol. The van der Waals surface area contributed by atoms with Crippen molar-refractivity contribution in [3.05, 3.63) is 48.0 Å². The van der Waals surface area contributed by atoms with Crippen molar-refractivity contribution in [2.75, 3.05) is 24.9 Å². The van der Waals surface area contributed by atoms with Crippen LogP contribution in [0.15, 0.2) is 42.5 Å². The maximum atomic E-state index is 5.45. The molecule has 24 heavy (non-hydrogen) atoms. The van der Waals surface area contributed by atoms with Gasteiger partial charge in [-0.15, -0.1) is 0 Å². The lowest BCUT2D eigenvalue weighted by atomic mass is 9.97. The van der Waals surface area contributed by atoms with Crippen LogP contribution in [0.4, 0.5) is 11.4 Å². The molecule has 0 heterocycles. The molecule has 1 unspecified atom stereocenters. The summed E-state index contributed by atoms with van der Waals surface area (Å²) >= 11 is 5.45. The zero-order chi connectivity index (χ0) is 17.5. The molecule has 4 nitrogen and oxygen atoms in total. The summed E-state index contributed by atoms with van der Waals surface area (Å²) in [5, 5.41) is 7.01. The Labute approximate surface area is 149 Å². The van der Waals surface area contributed by atoms with Crippen LogP contribution in [0.1, 0.15) is 31.7 Å². The maximum Gasteiger partial charge on any atom is 0.175 e. The third-order valence-corrected chi connectivity index (χ3v) is 4.20. The van der Waals surface area contributed by atoms with E-state index in [4.69, 9.17) is 21.7 Å². The summed E-state index contributed by atoms with van der Waals surface area (Å²) in [6, 6.07) is 13.8. The molecule has 2 aromatic rings. The summed E-state index contributed by atoms with van der Waals surface area (Å²) in [4.78, 5) is 0. The first-order valence-electron chi connectivity index (χ1n) is 7.98. The van der Waals surface area contributed by atoms with Gasteiger partial charge in [-0.05, 0) is 48.3 Å². The van der Waals surface area contributed by atoms with Gasteiger partial charge >= 0.3 is 0 Å². The van der Waals surface area contributed by atoms with Crippen molar-refractivity contribution in [3.63, 3.8) is 0 Å². The standard InChI is InChI=1S/C19H24N2O2S/c1-5-13(2)15-8-6-7-9-16(15)21-19(24)20-14-10-11-17(22-3)18(12-14)23-4/h6-13H,5H2,1-4H3,(H2,20,21,24). The van der Waals surface area contributed by atoms with Crippen LogP contribution < -0.4 is 20.1 Å². The van der Waals surface area contributed by atoms with Crippen molar-refractivity contribution in [2.45, 2.75) is 26.2 Å². The molecule has 128 valence electrons. The molecule has 0 bridgehead atoms. The van der Waals surface area contributed by atoms with E-state index in [2.05, 4.69) is 36.6 Å². The Kier molecular flexibility index (Phi) is 6.44. The summed E-state index contributed by atoms with van der Waals surface area (Å²) in [6.07, 6.45) is 1.08. The summed E-state index contributed by atoms with van der Waals surface area (Å²) < 4.78 is 10.6. The van der Waals surface area contributed by atoms with E-state index in [-0.39, 0.29) is 0 Å². The lowest BCUT2D eigenvalue weighted by Crippen LogP contribution is -2.20. The van der Waals surface area contributed by atoms with E-state index in [0.717, 1.165) is 17.8 Å². The molecule has 0 saturated carbocycles. The molecule has 0 spiro atoms. The Hall–Kier alpha value is -2.27. The van der Waals surface area contributed by atoms with E-state index in [0.29, 0.717) is 22.5 Å². The largest absolute Gasteiger partial charge is 0.493 e. The summed E-state index contributed by atoms with van der Waals surface area (Å²) in [7, 11) is 3.23. The van der Waals surface area contributed by atoms with Crippen LogP contribution in [-0.2, 0) is 0 Å².